The number of hydrogen-bond acceptors (Lipinski definition) is 5. The van der Waals surface area contributed by atoms with Gasteiger partial charge in [-0.05, 0) is 23.9 Å². The molecule has 0 radical (unpaired) electrons. The first-order valence-electron chi connectivity index (χ1n) is 7.01. The van der Waals surface area contributed by atoms with E-state index in [9.17, 15) is 0 Å². The van der Waals surface area contributed by atoms with E-state index in [0.29, 0.717) is 6.61 Å². The van der Waals surface area contributed by atoms with E-state index in [4.69, 9.17) is 14.7 Å². The van der Waals surface area contributed by atoms with Crippen LogP contribution in [0.15, 0.2) is 35.7 Å². The first-order valence-corrected chi connectivity index (χ1v) is 7.89. The molecule has 3 aromatic rings. The summed E-state index contributed by atoms with van der Waals surface area (Å²) < 4.78 is 5.74. The monoisotopic (exact) mass is 297 g/mol. The minimum Gasteiger partial charge on any atom is -0.493 e. The van der Waals surface area contributed by atoms with Crippen molar-refractivity contribution in [3.63, 3.8) is 0 Å². The standard InChI is InChI=1S/C16H15N3OS/c1-17-14-12-7-9-21-16(12)19-15(18-14)11-6-8-20-13-5-3-2-4-10(11)13/h2-5,7,9,11H,6,8H2,1H3,(H,17,18,19). The van der Waals surface area contributed by atoms with Crippen molar-refractivity contribution < 1.29 is 4.74 Å². The van der Waals surface area contributed by atoms with Gasteiger partial charge in [0.15, 0.2) is 0 Å². The van der Waals surface area contributed by atoms with Crippen molar-refractivity contribution in [1.82, 2.24) is 9.97 Å². The van der Waals surface area contributed by atoms with E-state index in [0.717, 1.165) is 34.0 Å². The molecule has 4 rings (SSSR count). The zero-order chi connectivity index (χ0) is 14.2. The maximum atomic E-state index is 5.74. The second kappa shape index (κ2) is 5.00. The van der Waals surface area contributed by atoms with Crippen LogP contribution in [0.2, 0.25) is 0 Å². The molecule has 5 heteroatoms. The molecule has 0 amide bonds. The van der Waals surface area contributed by atoms with Crippen LogP contribution >= 0.6 is 11.3 Å². The number of para-hydroxylation sites is 1. The predicted octanol–water partition coefficient (Wildman–Crippen LogP) is 3.65. The number of benzene rings is 1. The Morgan fingerprint density at radius 3 is 3.05 bits per heavy atom. The fraction of sp³-hybridized carbons (Fsp3) is 0.250. The molecule has 21 heavy (non-hydrogen) atoms. The molecule has 1 aliphatic heterocycles. The Kier molecular flexibility index (Phi) is 3.00. The summed E-state index contributed by atoms with van der Waals surface area (Å²) in [4.78, 5) is 10.6. The molecule has 2 aromatic heterocycles. The molecule has 3 heterocycles. The average Bonchev–Trinajstić information content (AvgIpc) is 3.02. The minimum absolute atomic E-state index is 0.202. The lowest BCUT2D eigenvalue weighted by atomic mass is 9.92. The lowest BCUT2D eigenvalue weighted by Gasteiger charge is -2.25. The molecule has 1 N–H and O–H groups in total. The Hall–Kier alpha value is -2.14. The number of nitrogens with one attached hydrogen (secondary N) is 1. The van der Waals surface area contributed by atoms with Crippen LogP contribution in [0.4, 0.5) is 5.82 Å². The quantitative estimate of drug-likeness (QED) is 0.784. The average molecular weight is 297 g/mol. The maximum Gasteiger partial charge on any atom is 0.140 e. The summed E-state index contributed by atoms with van der Waals surface area (Å²) in [6.45, 7) is 0.711. The first-order chi connectivity index (χ1) is 10.4. The van der Waals surface area contributed by atoms with Crippen molar-refractivity contribution in [3.8, 4) is 5.75 Å². The number of anilines is 1. The van der Waals surface area contributed by atoms with Crippen molar-refractivity contribution in [2.75, 3.05) is 19.0 Å². The number of rotatable bonds is 2. The topological polar surface area (TPSA) is 47.0 Å². The zero-order valence-electron chi connectivity index (χ0n) is 11.7. The van der Waals surface area contributed by atoms with Crippen LogP contribution in [0, 0.1) is 0 Å². The molecule has 1 aliphatic rings. The van der Waals surface area contributed by atoms with Crippen LogP contribution in [0.25, 0.3) is 10.2 Å². The van der Waals surface area contributed by atoms with E-state index in [1.54, 1.807) is 11.3 Å². The Labute approximate surface area is 126 Å². The van der Waals surface area contributed by atoms with Crippen molar-refractivity contribution in [2.45, 2.75) is 12.3 Å². The van der Waals surface area contributed by atoms with Gasteiger partial charge in [-0.15, -0.1) is 11.3 Å². The number of nitrogens with zero attached hydrogens (tertiary/aromatic N) is 2. The van der Waals surface area contributed by atoms with Crippen molar-refractivity contribution in [2.24, 2.45) is 0 Å². The summed E-state index contributed by atoms with van der Waals surface area (Å²) in [6.07, 6.45) is 0.914. The highest BCUT2D eigenvalue weighted by atomic mass is 32.1. The first kappa shape index (κ1) is 12.6. The third-order valence-corrected chi connectivity index (χ3v) is 4.66. The second-order valence-electron chi connectivity index (χ2n) is 5.05. The Balaban J connectivity index is 1.87. The van der Waals surface area contributed by atoms with Gasteiger partial charge in [0, 0.05) is 12.6 Å². The SMILES string of the molecule is CNc1nc(C2CCOc3ccccc32)nc2sccc12. The Morgan fingerprint density at radius 1 is 1.24 bits per heavy atom. The molecular formula is C16H15N3OS. The third kappa shape index (κ3) is 2.05. The molecule has 0 saturated carbocycles. The molecule has 0 spiro atoms. The molecule has 106 valence electrons. The van der Waals surface area contributed by atoms with Gasteiger partial charge in [-0.2, -0.15) is 0 Å². The van der Waals surface area contributed by atoms with Crippen molar-refractivity contribution >= 4 is 27.4 Å². The molecule has 0 aliphatic carbocycles. The third-order valence-electron chi connectivity index (χ3n) is 3.85. The van der Waals surface area contributed by atoms with Crippen LogP contribution < -0.4 is 10.1 Å². The van der Waals surface area contributed by atoms with Crippen LogP contribution in [-0.4, -0.2) is 23.6 Å². The van der Waals surface area contributed by atoms with Crippen molar-refractivity contribution in [3.05, 3.63) is 47.1 Å². The number of thiophene rings is 1. The van der Waals surface area contributed by atoms with E-state index < -0.39 is 0 Å². The minimum atomic E-state index is 0.202. The number of hydrogen-bond donors (Lipinski definition) is 1. The van der Waals surface area contributed by atoms with E-state index in [1.165, 1.54) is 5.56 Å². The van der Waals surface area contributed by atoms with Crippen LogP contribution in [0.3, 0.4) is 0 Å². The summed E-state index contributed by atoms with van der Waals surface area (Å²) in [5, 5.41) is 6.33. The highest BCUT2D eigenvalue weighted by Gasteiger charge is 2.26. The van der Waals surface area contributed by atoms with Gasteiger partial charge in [-0.1, -0.05) is 18.2 Å². The van der Waals surface area contributed by atoms with Crippen molar-refractivity contribution in [1.29, 1.82) is 0 Å². The largest absolute Gasteiger partial charge is 0.493 e. The smallest absolute Gasteiger partial charge is 0.140 e. The molecule has 1 aromatic carbocycles. The summed E-state index contributed by atoms with van der Waals surface area (Å²) in [5.41, 5.74) is 1.18. The highest BCUT2D eigenvalue weighted by molar-refractivity contribution is 7.16. The molecular weight excluding hydrogens is 282 g/mol. The van der Waals surface area contributed by atoms with Gasteiger partial charge >= 0.3 is 0 Å². The zero-order valence-corrected chi connectivity index (χ0v) is 12.5. The van der Waals surface area contributed by atoms with Gasteiger partial charge in [0.2, 0.25) is 0 Å². The van der Waals surface area contributed by atoms with Gasteiger partial charge in [0.05, 0.1) is 17.9 Å². The summed E-state index contributed by atoms with van der Waals surface area (Å²) in [6, 6.07) is 10.2. The molecule has 1 atom stereocenters. The molecule has 1 unspecified atom stereocenters. The molecule has 0 bridgehead atoms. The molecule has 0 saturated heterocycles. The Morgan fingerprint density at radius 2 is 2.14 bits per heavy atom. The highest BCUT2D eigenvalue weighted by Crippen LogP contribution is 2.38. The van der Waals surface area contributed by atoms with E-state index in [2.05, 4.69) is 22.8 Å². The normalized spacial score (nSPS) is 17.3. The van der Waals surface area contributed by atoms with E-state index in [1.807, 2.05) is 25.2 Å². The molecule has 0 fully saturated rings. The second-order valence-corrected chi connectivity index (χ2v) is 5.94. The van der Waals surface area contributed by atoms with E-state index in [-0.39, 0.29) is 5.92 Å². The van der Waals surface area contributed by atoms with E-state index >= 15 is 0 Å². The molecule has 4 nitrogen and oxygen atoms in total. The maximum absolute atomic E-state index is 5.74. The van der Waals surface area contributed by atoms with Gasteiger partial charge in [-0.3, -0.25) is 0 Å². The summed E-state index contributed by atoms with van der Waals surface area (Å²) in [7, 11) is 1.90. The number of fused-ring (bicyclic) bond motifs is 2. The number of aromatic nitrogens is 2. The number of ether oxygens (including phenoxy) is 1. The van der Waals surface area contributed by atoms with Gasteiger partial charge < -0.3 is 10.1 Å². The van der Waals surface area contributed by atoms with Gasteiger partial charge in [0.1, 0.15) is 22.2 Å². The van der Waals surface area contributed by atoms with Gasteiger partial charge in [0.25, 0.3) is 0 Å². The summed E-state index contributed by atoms with van der Waals surface area (Å²) >= 11 is 1.65. The fourth-order valence-corrected chi connectivity index (χ4v) is 3.60. The Bertz CT molecular complexity index is 799. The fourth-order valence-electron chi connectivity index (χ4n) is 2.83. The van der Waals surface area contributed by atoms with Crippen LogP contribution in [-0.2, 0) is 0 Å². The van der Waals surface area contributed by atoms with Crippen LogP contribution in [0.1, 0.15) is 23.7 Å². The van der Waals surface area contributed by atoms with Gasteiger partial charge in [-0.25, -0.2) is 9.97 Å². The lowest BCUT2D eigenvalue weighted by molar-refractivity contribution is 0.274. The lowest BCUT2D eigenvalue weighted by Crippen LogP contribution is -2.17. The van der Waals surface area contributed by atoms with Crippen LogP contribution in [0.5, 0.6) is 5.75 Å². The summed E-state index contributed by atoms with van der Waals surface area (Å²) in [5.74, 6) is 2.94. The predicted molar refractivity (Wildman–Crippen MR) is 85.4 cm³/mol.